The Morgan fingerprint density at radius 3 is 2.58 bits per heavy atom. The molecule has 96 valence electrons. The van der Waals surface area contributed by atoms with E-state index in [-0.39, 0.29) is 12.5 Å². The van der Waals surface area contributed by atoms with Crippen molar-refractivity contribution in [1.82, 2.24) is 4.98 Å². The summed E-state index contributed by atoms with van der Waals surface area (Å²) in [7, 11) is 0. The van der Waals surface area contributed by atoms with Crippen molar-refractivity contribution >= 4 is 24.1 Å². The summed E-state index contributed by atoms with van der Waals surface area (Å²) in [6, 6.07) is 13.1. The SMILES string of the molecule is O=CCN(C(=O)C=Cc1ccccc1)c1ccc[nH]1. The van der Waals surface area contributed by atoms with Crippen molar-refractivity contribution in [3.63, 3.8) is 0 Å². The second-order valence-electron chi connectivity index (χ2n) is 3.91. The van der Waals surface area contributed by atoms with E-state index in [9.17, 15) is 9.59 Å². The fourth-order valence-corrected chi connectivity index (χ4v) is 1.69. The molecule has 19 heavy (non-hydrogen) atoms. The molecular weight excluding hydrogens is 240 g/mol. The average molecular weight is 254 g/mol. The van der Waals surface area contributed by atoms with Crippen molar-refractivity contribution in [2.75, 3.05) is 11.4 Å². The van der Waals surface area contributed by atoms with Gasteiger partial charge in [0.05, 0.1) is 6.54 Å². The summed E-state index contributed by atoms with van der Waals surface area (Å²) in [6.45, 7) is 0.0263. The molecule has 4 nitrogen and oxygen atoms in total. The predicted molar refractivity (Wildman–Crippen MR) is 74.7 cm³/mol. The molecule has 0 aliphatic rings. The van der Waals surface area contributed by atoms with E-state index >= 15 is 0 Å². The highest BCUT2D eigenvalue weighted by Gasteiger charge is 2.12. The number of nitrogens with one attached hydrogen (secondary N) is 1. The maximum Gasteiger partial charge on any atom is 0.252 e. The van der Waals surface area contributed by atoms with Gasteiger partial charge in [-0.3, -0.25) is 9.69 Å². The van der Waals surface area contributed by atoms with Crippen LogP contribution in [0.2, 0.25) is 0 Å². The first-order valence-corrected chi connectivity index (χ1v) is 5.93. The Kier molecular flexibility index (Phi) is 4.29. The Labute approximate surface area is 111 Å². The number of benzene rings is 1. The summed E-state index contributed by atoms with van der Waals surface area (Å²) in [4.78, 5) is 27.0. The molecule has 1 N–H and O–H groups in total. The number of hydrogen-bond acceptors (Lipinski definition) is 2. The van der Waals surface area contributed by atoms with Crippen LogP contribution < -0.4 is 4.90 Å². The van der Waals surface area contributed by atoms with Crippen molar-refractivity contribution in [3.8, 4) is 0 Å². The van der Waals surface area contributed by atoms with E-state index in [2.05, 4.69) is 4.98 Å². The van der Waals surface area contributed by atoms with Gasteiger partial charge in [-0.05, 0) is 23.8 Å². The molecule has 1 amide bonds. The number of anilines is 1. The second kappa shape index (κ2) is 6.35. The van der Waals surface area contributed by atoms with Gasteiger partial charge in [-0.15, -0.1) is 0 Å². The second-order valence-corrected chi connectivity index (χ2v) is 3.91. The number of hydrogen-bond donors (Lipinski definition) is 1. The van der Waals surface area contributed by atoms with Gasteiger partial charge in [0, 0.05) is 12.3 Å². The maximum atomic E-state index is 12.1. The average Bonchev–Trinajstić information content (AvgIpc) is 2.97. The zero-order chi connectivity index (χ0) is 13.5. The molecular formula is C15H14N2O2. The summed E-state index contributed by atoms with van der Waals surface area (Å²) >= 11 is 0. The Morgan fingerprint density at radius 1 is 1.16 bits per heavy atom. The number of H-pyrrole nitrogens is 1. The lowest BCUT2D eigenvalue weighted by Crippen LogP contribution is -2.31. The first-order chi connectivity index (χ1) is 9.31. The van der Waals surface area contributed by atoms with E-state index in [1.807, 2.05) is 30.3 Å². The molecule has 1 heterocycles. The zero-order valence-corrected chi connectivity index (χ0v) is 10.3. The first kappa shape index (κ1) is 12.8. The lowest BCUT2D eigenvalue weighted by atomic mass is 10.2. The maximum absolute atomic E-state index is 12.1. The molecule has 0 unspecified atom stereocenters. The Morgan fingerprint density at radius 2 is 1.95 bits per heavy atom. The number of aromatic amines is 1. The summed E-state index contributed by atoms with van der Waals surface area (Å²) in [5, 5.41) is 0. The molecule has 0 spiro atoms. The van der Waals surface area contributed by atoms with Gasteiger partial charge >= 0.3 is 0 Å². The Bertz CT molecular complexity index is 559. The molecule has 0 radical (unpaired) electrons. The summed E-state index contributed by atoms with van der Waals surface area (Å²) in [5.74, 6) is 0.369. The van der Waals surface area contributed by atoms with Gasteiger partial charge in [-0.2, -0.15) is 0 Å². The van der Waals surface area contributed by atoms with E-state index in [4.69, 9.17) is 0 Å². The van der Waals surface area contributed by atoms with Gasteiger partial charge in [0.1, 0.15) is 12.1 Å². The fraction of sp³-hybridized carbons (Fsp3) is 0.0667. The Balaban J connectivity index is 2.12. The van der Waals surface area contributed by atoms with Gasteiger partial charge < -0.3 is 9.78 Å². The van der Waals surface area contributed by atoms with Crippen LogP contribution in [0.4, 0.5) is 5.82 Å². The van der Waals surface area contributed by atoms with Crippen LogP contribution in [0.15, 0.2) is 54.7 Å². The molecule has 0 saturated heterocycles. The van der Waals surface area contributed by atoms with Gasteiger partial charge in [0.2, 0.25) is 0 Å². The predicted octanol–water partition coefficient (Wildman–Crippen LogP) is 2.26. The monoisotopic (exact) mass is 254 g/mol. The number of nitrogens with zero attached hydrogens (tertiary/aromatic N) is 1. The number of carbonyl (C=O) groups excluding carboxylic acids is 2. The molecule has 0 saturated carbocycles. The van der Waals surface area contributed by atoms with Gasteiger partial charge in [-0.25, -0.2) is 0 Å². The third kappa shape index (κ3) is 3.42. The molecule has 0 aliphatic heterocycles. The van der Waals surface area contributed by atoms with Crippen LogP contribution in [-0.2, 0) is 9.59 Å². The van der Waals surface area contributed by atoms with Gasteiger partial charge in [0.15, 0.2) is 0 Å². The van der Waals surface area contributed by atoms with Crippen molar-refractivity contribution in [2.45, 2.75) is 0 Å². The van der Waals surface area contributed by atoms with E-state index < -0.39 is 0 Å². The van der Waals surface area contributed by atoms with Crippen LogP contribution in [0.1, 0.15) is 5.56 Å². The fourth-order valence-electron chi connectivity index (χ4n) is 1.69. The van der Waals surface area contributed by atoms with Crippen LogP contribution in [0.25, 0.3) is 6.08 Å². The lowest BCUT2D eigenvalue weighted by Gasteiger charge is -2.16. The van der Waals surface area contributed by atoms with E-state index in [1.54, 1.807) is 24.4 Å². The molecule has 4 heteroatoms. The van der Waals surface area contributed by atoms with Crippen molar-refractivity contribution in [1.29, 1.82) is 0 Å². The van der Waals surface area contributed by atoms with Crippen molar-refractivity contribution < 1.29 is 9.59 Å². The summed E-state index contributed by atoms with van der Waals surface area (Å²) in [5.41, 5.74) is 0.938. The minimum atomic E-state index is -0.238. The topological polar surface area (TPSA) is 53.2 Å². The molecule has 0 bridgehead atoms. The standard InChI is InChI=1S/C15H14N2O2/c18-12-11-17(14-7-4-10-16-14)15(19)9-8-13-5-2-1-3-6-13/h1-10,12,16H,11H2. The van der Waals surface area contributed by atoms with Crippen LogP contribution in [0, 0.1) is 0 Å². The van der Waals surface area contributed by atoms with Crippen molar-refractivity contribution in [3.05, 3.63) is 60.3 Å². The molecule has 2 rings (SSSR count). The summed E-state index contributed by atoms with van der Waals surface area (Å²) in [6.07, 6.45) is 5.60. The largest absolute Gasteiger partial charge is 0.348 e. The minimum Gasteiger partial charge on any atom is -0.348 e. The van der Waals surface area contributed by atoms with E-state index in [1.165, 1.54) is 11.0 Å². The quantitative estimate of drug-likeness (QED) is 0.657. The van der Waals surface area contributed by atoms with Gasteiger partial charge in [0.25, 0.3) is 5.91 Å². The number of aldehydes is 1. The van der Waals surface area contributed by atoms with E-state index in [0.29, 0.717) is 12.1 Å². The molecule has 1 aromatic heterocycles. The summed E-state index contributed by atoms with van der Waals surface area (Å²) < 4.78 is 0. The third-order valence-electron chi connectivity index (χ3n) is 2.61. The highest BCUT2D eigenvalue weighted by atomic mass is 16.2. The molecule has 1 aromatic carbocycles. The molecule has 0 fully saturated rings. The van der Waals surface area contributed by atoms with Crippen LogP contribution in [0.5, 0.6) is 0 Å². The highest BCUT2D eigenvalue weighted by Crippen LogP contribution is 2.11. The van der Waals surface area contributed by atoms with Crippen molar-refractivity contribution in [2.24, 2.45) is 0 Å². The lowest BCUT2D eigenvalue weighted by molar-refractivity contribution is -0.116. The highest BCUT2D eigenvalue weighted by molar-refractivity contribution is 6.04. The number of aromatic nitrogens is 1. The molecule has 0 atom stereocenters. The number of carbonyl (C=O) groups is 2. The smallest absolute Gasteiger partial charge is 0.252 e. The minimum absolute atomic E-state index is 0.0263. The van der Waals surface area contributed by atoms with Crippen LogP contribution in [-0.4, -0.2) is 23.7 Å². The number of amides is 1. The third-order valence-corrected chi connectivity index (χ3v) is 2.61. The van der Waals surface area contributed by atoms with E-state index in [0.717, 1.165) is 5.56 Å². The molecule has 2 aromatic rings. The Hall–Kier alpha value is -2.62. The van der Waals surface area contributed by atoms with Gasteiger partial charge in [-0.1, -0.05) is 30.3 Å². The van der Waals surface area contributed by atoms with Crippen LogP contribution in [0.3, 0.4) is 0 Å². The zero-order valence-electron chi connectivity index (χ0n) is 10.3. The molecule has 0 aliphatic carbocycles. The first-order valence-electron chi connectivity index (χ1n) is 5.93. The van der Waals surface area contributed by atoms with Crippen LogP contribution >= 0.6 is 0 Å². The number of rotatable bonds is 5. The normalized spacial score (nSPS) is 10.5.